The number of benzene rings is 3. The third-order valence-electron chi connectivity index (χ3n) is 6.38. The van der Waals surface area contributed by atoms with E-state index in [1.807, 2.05) is 43.3 Å². The van der Waals surface area contributed by atoms with Crippen LogP contribution in [0.15, 0.2) is 71.9 Å². The van der Waals surface area contributed by atoms with Crippen LogP contribution in [0, 0.1) is 11.6 Å². The number of aryl methyl sites for hydroxylation is 1. The lowest BCUT2D eigenvalue weighted by atomic mass is 9.95. The van der Waals surface area contributed by atoms with Crippen LogP contribution in [0.25, 0.3) is 10.9 Å². The van der Waals surface area contributed by atoms with Gasteiger partial charge in [0, 0.05) is 40.7 Å². The van der Waals surface area contributed by atoms with Gasteiger partial charge >= 0.3 is 0 Å². The van der Waals surface area contributed by atoms with Crippen LogP contribution in [0.3, 0.4) is 0 Å². The summed E-state index contributed by atoms with van der Waals surface area (Å²) in [7, 11) is 1.51. The first-order chi connectivity index (χ1) is 17.3. The molecular formula is C30H30F2N2O2. The normalized spacial score (nSPS) is 11.9. The molecule has 0 unspecified atom stereocenters. The molecule has 0 amide bonds. The molecule has 6 heteroatoms. The van der Waals surface area contributed by atoms with E-state index in [1.54, 1.807) is 0 Å². The average Bonchev–Trinajstić information content (AvgIpc) is 3.19. The first kappa shape index (κ1) is 25.3. The third-order valence-corrected chi connectivity index (χ3v) is 6.38. The molecular weight excluding hydrogens is 458 g/mol. The van der Waals surface area contributed by atoms with Crippen molar-refractivity contribution < 1.29 is 18.4 Å². The molecule has 0 fully saturated rings. The maximum Gasteiger partial charge on any atom is 0.165 e. The maximum atomic E-state index is 13.7. The zero-order chi connectivity index (χ0) is 25.8. The minimum atomic E-state index is -0.900. The second-order valence-corrected chi connectivity index (χ2v) is 9.25. The van der Waals surface area contributed by atoms with Gasteiger partial charge < -0.3 is 9.40 Å². The summed E-state index contributed by atoms with van der Waals surface area (Å²) in [5, 5.41) is 4.95. The summed E-state index contributed by atoms with van der Waals surface area (Å²) in [6.07, 6.45) is 0.526. The van der Waals surface area contributed by atoms with Gasteiger partial charge in [0.1, 0.15) is 7.11 Å². The Kier molecular flexibility index (Phi) is 7.63. The highest BCUT2D eigenvalue weighted by molar-refractivity contribution is 6.11. The van der Waals surface area contributed by atoms with Gasteiger partial charge in [0.05, 0.1) is 5.71 Å². The molecule has 4 nitrogen and oxygen atoms in total. The van der Waals surface area contributed by atoms with E-state index in [4.69, 9.17) is 4.84 Å². The molecule has 0 atom stereocenters. The third kappa shape index (κ3) is 5.23. The van der Waals surface area contributed by atoms with Gasteiger partial charge in [-0.2, -0.15) is 0 Å². The molecule has 0 radical (unpaired) electrons. The predicted octanol–water partition coefficient (Wildman–Crippen LogP) is 7.28. The molecule has 1 heterocycles. The van der Waals surface area contributed by atoms with Crippen molar-refractivity contribution in [2.45, 2.75) is 46.1 Å². The van der Waals surface area contributed by atoms with Crippen molar-refractivity contribution in [3.05, 3.63) is 106 Å². The van der Waals surface area contributed by atoms with Crippen molar-refractivity contribution in [2.24, 2.45) is 5.16 Å². The van der Waals surface area contributed by atoms with Gasteiger partial charge in [0.2, 0.25) is 0 Å². The molecule has 4 rings (SSSR count). The summed E-state index contributed by atoms with van der Waals surface area (Å²) in [5.74, 6) is -1.72. The molecule has 0 spiro atoms. The number of rotatable bonds is 9. The number of carbonyl (C=O) groups is 1. The summed E-state index contributed by atoms with van der Waals surface area (Å²) in [6.45, 7) is 6.67. The van der Waals surface area contributed by atoms with E-state index in [0.29, 0.717) is 24.1 Å². The van der Waals surface area contributed by atoms with Crippen LogP contribution >= 0.6 is 0 Å². The fourth-order valence-corrected chi connectivity index (χ4v) is 4.69. The molecule has 3 aromatic carbocycles. The monoisotopic (exact) mass is 488 g/mol. The Morgan fingerprint density at radius 2 is 1.72 bits per heavy atom. The fraction of sp³-hybridized carbons (Fsp3) is 0.267. The van der Waals surface area contributed by atoms with Gasteiger partial charge in [0.25, 0.3) is 0 Å². The minimum Gasteiger partial charge on any atom is -0.399 e. The van der Waals surface area contributed by atoms with Crippen LogP contribution in [0.4, 0.5) is 8.78 Å². The van der Waals surface area contributed by atoms with E-state index in [-0.39, 0.29) is 18.1 Å². The molecule has 0 saturated heterocycles. The number of aromatic nitrogens is 1. The summed E-state index contributed by atoms with van der Waals surface area (Å²) < 4.78 is 29.2. The maximum absolute atomic E-state index is 13.7. The largest absolute Gasteiger partial charge is 0.399 e. The standard InChI is InChI=1S/C30H30F2N2O2/c1-19(2)30-29(28(35)15-11-21-10-14-25(31)26(32)16-21)24-13-12-23(20(3)33-36-4)17-27(24)34(30)18-22-8-6-5-7-9-22/h5-10,12-14,16-17,19H,11,15,18H2,1-4H3/b33-20-. The molecule has 0 aliphatic carbocycles. The average molecular weight is 489 g/mol. The smallest absolute Gasteiger partial charge is 0.165 e. The molecule has 186 valence electrons. The van der Waals surface area contributed by atoms with Crippen molar-refractivity contribution >= 4 is 22.4 Å². The second-order valence-electron chi connectivity index (χ2n) is 9.25. The first-order valence-corrected chi connectivity index (χ1v) is 12.1. The number of nitrogens with zero attached hydrogens (tertiary/aromatic N) is 2. The van der Waals surface area contributed by atoms with Crippen molar-refractivity contribution in [3.63, 3.8) is 0 Å². The SMILES string of the molecule is CO/N=C(/C)c1ccc2c(C(=O)CCc3ccc(F)c(F)c3)c(C(C)C)n(Cc3ccccc3)c2c1. The Balaban J connectivity index is 1.82. The van der Waals surface area contributed by atoms with Gasteiger partial charge in [-0.1, -0.05) is 67.5 Å². The number of oxime groups is 1. The second kappa shape index (κ2) is 10.9. The Morgan fingerprint density at radius 1 is 0.972 bits per heavy atom. The zero-order valence-corrected chi connectivity index (χ0v) is 21.0. The van der Waals surface area contributed by atoms with E-state index in [9.17, 15) is 13.6 Å². The van der Waals surface area contributed by atoms with Gasteiger partial charge in [-0.25, -0.2) is 8.78 Å². The van der Waals surface area contributed by atoms with Crippen molar-refractivity contribution in [3.8, 4) is 0 Å². The highest BCUT2D eigenvalue weighted by Crippen LogP contribution is 2.34. The van der Waals surface area contributed by atoms with Crippen LogP contribution in [0.1, 0.15) is 65.9 Å². The van der Waals surface area contributed by atoms with Crippen LogP contribution in [-0.2, 0) is 17.8 Å². The van der Waals surface area contributed by atoms with Crippen molar-refractivity contribution in [2.75, 3.05) is 7.11 Å². The molecule has 4 aromatic rings. The van der Waals surface area contributed by atoms with Crippen LogP contribution < -0.4 is 0 Å². The Morgan fingerprint density at radius 3 is 2.39 bits per heavy atom. The van der Waals surface area contributed by atoms with Gasteiger partial charge in [0.15, 0.2) is 17.4 Å². The highest BCUT2D eigenvalue weighted by Gasteiger charge is 2.25. The number of hydrogen-bond acceptors (Lipinski definition) is 3. The molecule has 0 N–H and O–H groups in total. The van der Waals surface area contributed by atoms with E-state index in [0.717, 1.165) is 45.6 Å². The topological polar surface area (TPSA) is 43.6 Å². The Hall–Kier alpha value is -3.80. The number of halogens is 2. The molecule has 0 aliphatic rings. The number of carbonyl (C=O) groups excluding carboxylic acids is 1. The zero-order valence-electron chi connectivity index (χ0n) is 21.0. The molecule has 0 bridgehead atoms. The van der Waals surface area contributed by atoms with Crippen molar-refractivity contribution in [1.29, 1.82) is 0 Å². The fourth-order valence-electron chi connectivity index (χ4n) is 4.69. The Bertz CT molecular complexity index is 1420. The highest BCUT2D eigenvalue weighted by atomic mass is 19.2. The lowest BCUT2D eigenvalue weighted by Crippen LogP contribution is -2.11. The molecule has 36 heavy (non-hydrogen) atoms. The van der Waals surface area contributed by atoms with Gasteiger partial charge in [-0.3, -0.25) is 4.79 Å². The van der Waals surface area contributed by atoms with E-state index >= 15 is 0 Å². The molecule has 1 aromatic heterocycles. The number of ketones is 1. The van der Waals surface area contributed by atoms with E-state index in [2.05, 4.69) is 35.7 Å². The summed E-state index contributed by atoms with van der Waals surface area (Å²) in [6, 6.07) is 19.9. The first-order valence-electron chi connectivity index (χ1n) is 12.1. The Labute approximate surface area is 210 Å². The summed E-state index contributed by atoms with van der Waals surface area (Å²) >= 11 is 0. The lowest BCUT2D eigenvalue weighted by molar-refractivity contribution is 0.0983. The predicted molar refractivity (Wildman–Crippen MR) is 140 cm³/mol. The molecule has 0 saturated carbocycles. The van der Waals surface area contributed by atoms with Crippen molar-refractivity contribution in [1.82, 2.24) is 4.57 Å². The summed E-state index contributed by atoms with van der Waals surface area (Å²) in [5.41, 5.74) is 5.96. The van der Waals surface area contributed by atoms with Crippen LogP contribution in [-0.4, -0.2) is 23.2 Å². The van der Waals surface area contributed by atoms with E-state index in [1.165, 1.54) is 13.2 Å². The minimum absolute atomic E-state index is 0.0183. The lowest BCUT2D eigenvalue weighted by Gasteiger charge is -2.15. The quantitative estimate of drug-likeness (QED) is 0.141. The van der Waals surface area contributed by atoms with Gasteiger partial charge in [-0.15, -0.1) is 0 Å². The number of fused-ring (bicyclic) bond motifs is 1. The van der Waals surface area contributed by atoms with Gasteiger partial charge in [-0.05, 0) is 48.6 Å². The van der Waals surface area contributed by atoms with Crippen LogP contribution in [0.5, 0.6) is 0 Å². The summed E-state index contributed by atoms with van der Waals surface area (Å²) in [4.78, 5) is 18.6. The number of Topliss-reactive ketones (excluding diaryl/α,β-unsaturated/α-hetero) is 1. The number of hydrogen-bond donors (Lipinski definition) is 0. The molecule has 0 aliphatic heterocycles. The van der Waals surface area contributed by atoms with E-state index < -0.39 is 11.6 Å². The van der Waals surface area contributed by atoms with Crippen LogP contribution in [0.2, 0.25) is 0 Å².